The van der Waals surface area contributed by atoms with E-state index in [4.69, 9.17) is 14.9 Å². The molecule has 3 N–H and O–H groups in total. The second kappa shape index (κ2) is 12.9. The van der Waals surface area contributed by atoms with Gasteiger partial charge >= 0.3 is 0 Å². The van der Waals surface area contributed by atoms with Crippen molar-refractivity contribution in [3.63, 3.8) is 0 Å². The molecule has 1 heterocycles. The fourth-order valence-electron chi connectivity index (χ4n) is 3.20. The van der Waals surface area contributed by atoms with Crippen molar-refractivity contribution in [1.82, 2.24) is 15.3 Å². The fraction of sp³-hybridized carbons (Fsp3) is 0.231. The summed E-state index contributed by atoms with van der Waals surface area (Å²) in [5.41, 5.74) is 2.63. The molecule has 0 fully saturated rings. The summed E-state index contributed by atoms with van der Waals surface area (Å²) < 4.78 is 11.7. The Hall–Kier alpha value is -4.04. The molecule has 0 spiro atoms. The molecule has 0 bridgehead atoms. The zero-order chi connectivity index (χ0) is 24.2. The van der Waals surface area contributed by atoms with Crippen LogP contribution in [0.4, 0.5) is 11.5 Å². The lowest BCUT2D eigenvalue weighted by molar-refractivity contribution is 0.309. The first kappa shape index (κ1) is 24.6. The number of allylic oxidation sites excluding steroid dienone is 2. The highest BCUT2D eigenvalue weighted by molar-refractivity contribution is 5.91. The number of ether oxygens (including phenoxy) is 2. The van der Waals surface area contributed by atoms with Crippen LogP contribution in [-0.4, -0.2) is 42.2 Å². The Morgan fingerprint density at radius 2 is 2.09 bits per heavy atom. The summed E-state index contributed by atoms with van der Waals surface area (Å²) in [4.78, 5) is 12.5. The zero-order valence-corrected chi connectivity index (χ0v) is 19.5. The van der Waals surface area contributed by atoms with E-state index in [2.05, 4.69) is 39.1 Å². The van der Waals surface area contributed by atoms with Gasteiger partial charge < -0.3 is 20.1 Å². The van der Waals surface area contributed by atoms with Gasteiger partial charge in [-0.05, 0) is 74.5 Å². The Kier molecular flexibility index (Phi) is 9.30. The number of rotatable bonds is 13. The first-order valence-electron chi connectivity index (χ1n) is 11.1. The zero-order valence-electron chi connectivity index (χ0n) is 19.5. The summed E-state index contributed by atoms with van der Waals surface area (Å²) in [6, 6.07) is 11.6. The highest BCUT2D eigenvalue weighted by atomic mass is 16.5. The number of nitrogens with zero attached hydrogens (tertiary/aromatic N) is 3. The highest BCUT2D eigenvalue weighted by Crippen LogP contribution is 2.29. The molecule has 0 saturated carbocycles. The van der Waals surface area contributed by atoms with Gasteiger partial charge in [0.05, 0.1) is 12.1 Å². The van der Waals surface area contributed by atoms with Crippen LogP contribution in [0.3, 0.4) is 0 Å². The lowest BCUT2D eigenvalue weighted by Gasteiger charge is -2.13. The summed E-state index contributed by atoms with van der Waals surface area (Å²) in [5.74, 6) is 2.74. The molecule has 0 aliphatic carbocycles. The Bertz CT molecular complexity index is 1190. The predicted octanol–water partition coefficient (Wildman–Crippen LogP) is 5.19. The van der Waals surface area contributed by atoms with Crippen LogP contribution in [0.1, 0.15) is 18.9 Å². The van der Waals surface area contributed by atoms with Gasteiger partial charge in [0.2, 0.25) is 0 Å². The van der Waals surface area contributed by atoms with Crippen LogP contribution < -0.4 is 20.1 Å². The Morgan fingerprint density at radius 3 is 2.85 bits per heavy atom. The van der Waals surface area contributed by atoms with E-state index in [1.165, 1.54) is 6.21 Å². The highest BCUT2D eigenvalue weighted by Gasteiger charge is 2.08. The Morgan fingerprint density at radius 1 is 1.21 bits per heavy atom. The van der Waals surface area contributed by atoms with E-state index < -0.39 is 0 Å². The van der Waals surface area contributed by atoms with Crippen LogP contribution in [0.15, 0.2) is 72.2 Å². The monoisotopic (exact) mass is 458 g/mol. The number of benzene rings is 2. The number of hydrogen-bond donors (Lipinski definition) is 3. The molecule has 176 valence electrons. The quantitative estimate of drug-likeness (QED) is 0.107. The van der Waals surface area contributed by atoms with Gasteiger partial charge in [-0.25, -0.2) is 15.0 Å². The summed E-state index contributed by atoms with van der Waals surface area (Å²) >= 11 is 0. The van der Waals surface area contributed by atoms with Crippen molar-refractivity contribution in [2.75, 3.05) is 25.0 Å². The minimum absolute atomic E-state index is 0.538. The first-order valence-corrected chi connectivity index (χ1v) is 11.1. The molecule has 0 amide bonds. The normalized spacial score (nSPS) is 11.5. The smallest absolute Gasteiger partial charge is 0.141 e. The molecule has 0 atom stereocenters. The van der Waals surface area contributed by atoms with Crippen LogP contribution in [0.2, 0.25) is 0 Å². The fourth-order valence-corrected chi connectivity index (χ4v) is 3.20. The van der Waals surface area contributed by atoms with Crippen molar-refractivity contribution >= 4 is 35.0 Å². The largest absolute Gasteiger partial charge is 0.493 e. The van der Waals surface area contributed by atoms with E-state index >= 15 is 0 Å². The maximum absolute atomic E-state index is 6.94. The second-order valence-corrected chi connectivity index (χ2v) is 7.36. The molecular weight excluding hydrogens is 428 g/mol. The lowest BCUT2D eigenvalue weighted by Crippen LogP contribution is -2.16. The first-order chi connectivity index (χ1) is 16.6. The second-order valence-electron chi connectivity index (χ2n) is 7.36. The van der Waals surface area contributed by atoms with E-state index in [0.29, 0.717) is 23.9 Å². The van der Waals surface area contributed by atoms with E-state index in [1.807, 2.05) is 43.3 Å². The van der Waals surface area contributed by atoms with E-state index in [9.17, 15) is 0 Å². The molecule has 3 rings (SSSR count). The molecule has 0 aliphatic rings. The standard InChI is InChI=1S/C26H30N6O2/c1-4-21(11-13-29-17-27)34-25-10-7-20(15-19(25)3)32-26-23-9-8-22(16-24(23)30-18-31-26)33-14-6-12-28-5-2/h4,7-11,13,15-18,27-28H,1,5-6,12,14H2,2-3H3,(H,30,31,32)/b21-11+,27-17?,29-13?. The van der Waals surface area contributed by atoms with E-state index in [0.717, 1.165) is 53.8 Å². The van der Waals surface area contributed by atoms with Gasteiger partial charge in [0.15, 0.2) is 0 Å². The van der Waals surface area contributed by atoms with Gasteiger partial charge in [-0.15, -0.1) is 0 Å². The summed E-state index contributed by atoms with van der Waals surface area (Å²) in [6.07, 6.45) is 8.17. The van der Waals surface area contributed by atoms with Crippen LogP contribution in [-0.2, 0) is 0 Å². The third kappa shape index (κ3) is 6.98. The topological polar surface area (TPSA) is 105 Å². The third-order valence-electron chi connectivity index (χ3n) is 4.89. The van der Waals surface area contributed by atoms with Crippen molar-refractivity contribution in [2.45, 2.75) is 20.3 Å². The van der Waals surface area contributed by atoms with Crippen LogP contribution in [0.25, 0.3) is 10.9 Å². The number of hydrogen-bond acceptors (Lipinski definition) is 7. The van der Waals surface area contributed by atoms with Crippen molar-refractivity contribution in [3.8, 4) is 11.5 Å². The van der Waals surface area contributed by atoms with Gasteiger partial charge in [0.25, 0.3) is 0 Å². The van der Waals surface area contributed by atoms with Crippen LogP contribution >= 0.6 is 0 Å². The number of aliphatic imine (C=N–C) groups is 1. The summed E-state index contributed by atoms with van der Waals surface area (Å²) in [6.45, 7) is 10.4. The van der Waals surface area contributed by atoms with Crippen molar-refractivity contribution < 1.29 is 9.47 Å². The Labute approximate surface area is 200 Å². The minimum Gasteiger partial charge on any atom is -0.493 e. The maximum atomic E-state index is 6.94. The molecule has 3 aromatic rings. The molecule has 0 aliphatic heterocycles. The SMILES string of the molecule is C=C/C(=C\C=NC=N)Oc1ccc(Nc2ncnc3cc(OCCCNCC)ccc23)cc1C. The number of anilines is 2. The van der Waals surface area contributed by atoms with E-state index in [-0.39, 0.29) is 0 Å². The van der Waals surface area contributed by atoms with Crippen LogP contribution in [0, 0.1) is 12.3 Å². The summed E-state index contributed by atoms with van der Waals surface area (Å²) in [7, 11) is 0. The van der Waals surface area contributed by atoms with E-state index in [1.54, 1.807) is 18.5 Å². The van der Waals surface area contributed by atoms with Gasteiger partial charge in [-0.3, -0.25) is 5.41 Å². The van der Waals surface area contributed by atoms with Gasteiger partial charge in [-0.2, -0.15) is 0 Å². The molecule has 2 aromatic carbocycles. The number of nitrogens with one attached hydrogen (secondary N) is 3. The number of fused-ring (bicyclic) bond motifs is 1. The maximum Gasteiger partial charge on any atom is 0.141 e. The van der Waals surface area contributed by atoms with Gasteiger partial charge in [0.1, 0.15) is 35.7 Å². The van der Waals surface area contributed by atoms with Crippen LogP contribution in [0.5, 0.6) is 11.5 Å². The molecule has 1 aromatic heterocycles. The molecule has 0 unspecified atom stereocenters. The number of aryl methyl sites for hydroxylation is 1. The average molecular weight is 459 g/mol. The molecule has 34 heavy (non-hydrogen) atoms. The molecule has 8 heteroatoms. The lowest BCUT2D eigenvalue weighted by atomic mass is 10.2. The van der Waals surface area contributed by atoms with Crippen molar-refractivity contribution in [1.29, 1.82) is 5.41 Å². The Balaban J connectivity index is 1.71. The summed E-state index contributed by atoms with van der Waals surface area (Å²) in [5, 5.41) is 14.5. The predicted molar refractivity (Wildman–Crippen MR) is 139 cm³/mol. The third-order valence-corrected chi connectivity index (χ3v) is 4.89. The molecular formula is C26H30N6O2. The van der Waals surface area contributed by atoms with Gasteiger partial charge in [-0.1, -0.05) is 13.5 Å². The minimum atomic E-state index is 0.538. The van der Waals surface area contributed by atoms with Gasteiger partial charge in [0, 0.05) is 23.4 Å². The van der Waals surface area contributed by atoms with Crippen molar-refractivity contribution in [2.24, 2.45) is 4.99 Å². The molecule has 0 radical (unpaired) electrons. The molecule has 8 nitrogen and oxygen atoms in total. The van der Waals surface area contributed by atoms with Crippen molar-refractivity contribution in [3.05, 3.63) is 72.8 Å². The molecule has 0 saturated heterocycles. The number of aromatic nitrogens is 2. The average Bonchev–Trinajstić information content (AvgIpc) is 2.85.